The van der Waals surface area contributed by atoms with Crippen LogP contribution >= 0.6 is 15.9 Å². The second-order valence-corrected chi connectivity index (χ2v) is 4.41. The first-order valence-corrected chi connectivity index (χ1v) is 5.96. The Morgan fingerprint density at radius 2 is 2.38 bits per heavy atom. The molecule has 0 bridgehead atoms. The lowest BCUT2D eigenvalue weighted by Crippen LogP contribution is -2.28. The number of nitrogens with two attached hydrogens (primary N) is 1. The zero-order valence-electron chi connectivity index (χ0n) is 8.94. The van der Waals surface area contributed by atoms with Gasteiger partial charge in [0.2, 0.25) is 0 Å². The average Bonchev–Trinajstić information content (AvgIpc) is 2.57. The monoisotopic (exact) mass is 285 g/mol. The van der Waals surface area contributed by atoms with E-state index in [1.54, 1.807) is 6.07 Å². The molecule has 6 heteroatoms. The SMILES string of the molecule is CCOc1cc(Br)c2c(c1)B(O)OC2CN. The highest BCUT2D eigenvalue weighted by molar-refractivity contribution is 9.10. The maximum atomic E-state index is 9.75. The van der Waals surface area contributed by atoms with Crippen LogP contribution in [0.5, 0.6) is 5.75 Å². The molecule has 1 unspecified atom stereocenters. The Hall–Kier alpha value is -0.555. The van der Waals surface area contributed by atoms with Crippen molar-refractivity contribution in [2.24, 2.45) is 5.73 Å². The van der Waals surface area contributed by atoms with Crippen LogP contribution in [0.1, 0.15) is 18.6 Å². The molecule has 4 nitrogen and oxygen atoms in total. The molecule has 0 saturated heterocycles. The van der Waals surface area contributed by atoms with Gasteiger partial charge in [-0.3, -0.25) is 0 Å². The van der Waals surface area contributed by atoms with Crippen LogP contribution in [0.15, 0.2) is 16.6 Å². The third kappa shape index (κ3) is 1.98. The third-order valence-electron chi connectivity index (χ3n) is 2.54. The van der Waals surface area contributed by atoms with Crippen molar-refractivity contribution in [2.45, 2.75) is 13.0 Å². The molecule has 16 heavy (non-hydrogen) atoms. The summed E-state index contributed by atoms with van der Waals surface area (Å²) in [4.78, 5) is 0. The Bertz CT molecular complexity index is 402. The van der Waals surface area contributed by atoms with Gasteiger partial charge in [0.15, 0.2) is 0 Å². The third-order valence-corrected chi connectivity index (χ3v) is 3.20. The highest BCUT2D eigenvalue weighted by Gasteiger charge is 2.36. The molecule has 0 aromatic heterocycles. The van der Waals surface area contributed by atoms with Gasteiger partial charge in [0.1, 0.15) is 5.75 Å². The van der Waals surface area contributed by atoms with E-state index in [2.05, 4.69) is 15.9 Å². The fourth-order valence-corrected chi connectivity index (χ4v) is 2.59. The molecule has 0 aliphatic carbocycles. The van der Waals surface area contributed by atoms with Crippen LogP contribution in [0.3, 0.4) is 0 Å². The number of hydrogen-bond donors (Lipinski definition) is 2. The molecule has 0 saturated carbocycles. The minimum Gasteiger partial charge on any atom is -0.494 e. The van der Waals surface area contributed by atoms with Gasteiger partial charge in [-0.2, -0.15) is 0 Å². The molecule has 1 aromatic carbocycles. The van der Waals surface area contributed by atoms with E-state index in [1.165, 1.54) is 0 Å². The Kier molecular flexibility index (Phi) is 3.54. The molecule has 0 fully saturated rings. The van der Waals surface area contributed by atoms with Crippen LogP contribution in [0.25, 0.3) is 0 Å². The highest BCUT2D eigenvalue weighted by atomic mass is 79.9. The maximum Gasteiger partial charge on any atom is 0.492 e. The first-order valence-electron chi connectivity index (χ1n) is 5.17. The molecule has 86 valence electrons. The zero-order valence-corrected chi connectivity index (χ0v) is 10.5. The summed E-state index contributed by atoms with van der Waals surface area (Å²) in [6.07, 6.45) is -0.255. The largest absolute Gasteiger partial charge is 0.494 e. The number of halogens is 1. The van der Waals surface area contributed by atoms with E-state index < -0.39 is 7.12 Å². The van der Waals surface area contributed by atoms with Gasteiger partial charge in [0.25, 0.3) is 0 Å². The standard InChI is InChI=1S/C10H13BBrNO3/c1-2-15-6-3-7-10(8(12)4-6)9(5-13)16-11(7)14/h3-4,9,14H,2,5,13H2,1H3. The number of rotatable bonds is 3. The normalized spacial score (nSPS) is 18.8. The minimum atomic E-state index is -0.916. The highest BCUT2D eigenvalue weighted by Crippen LogP contribution is 2.32. The topological polar surface area (TPSA) is 64.7 Å². The molecule has 0 amide bonds. The van der Waals surface area contributed by atoms with Gasteiger partial charge in [-0.1, -0.05) is 15.9 Å². The number of fused-ring (bicyclic) bond motifs is 1. The van der Waals surface area contributed by atoms with Crippen LogP contribution in [-0.4, -0.2) is 25.3 Å². The van der Waals surface area contributed by atoms with Crippen LogP contribution in [0.4, 0.5) is 0 Å². The molecule has 2 rings (SSSR count). The summed E-state index contributed by atoms with van der Waals surface area (Å²) >= 11 is 3.45. The summed E-state index contributed by atoms with van der Waals surface area (Å²) in [5, 5.41) is 9.75. The zero-order chi connectivity index (χ0) is 11.7. The lowest BCUT2D eigenvalue weighted by atomic mass is 9.79. The lowest BCUT2D eigenvalue weighted by molar-refractivity contribution is 0.197. The van der Waals surface area contributed by atoms with Gasteiger partial charge < -0.3 is 20.1 Å². The Morgan fingerprint density at radius 3 is 3.00 bits per heavy atom. The molecular formula is C10H13BBrNO3. The van der Waals surface area contributed by atoms with Crippen molar-refractivity contribution >= 4 is 28.5 Å². The Morgan fingerprint density at radius 1 is 1.62 bits per heavy atom. The summed E-state index contributed by atoms with van der Waals surface area (Å²) in [6, 6.07) is 3.66. The van der Waals surface area contributed by atoms with E-state index in [1.807, 2.05) is 13.0 Å². The lowest BCUT2D eigenvalue weighted by Gasteiger charge is -2.11. The van der Waals surface area contributed by atoms with Crippen LogP contribution in [-0.2, 0) is 4.65 Å². The van der Waals surface area contributed by atoms with Crippen molar-refractivity contribution in [2.75, 3.05) is 13.2 Å². The second-order valence-electron chi connectivity index (χ2n) is 3.55. The second kappa shape index (κ2) is 4.75. The molecular weight excluding hydrogens is 273 g/mol. The van der Waals surface area contributed by atoms with Gasteiger partial charge in [0, 0.05) is 11.0 Å². The van der Waals surface area contributed by atoms with E-state index in [-0.39, 0.29) is 6.10 Å². The average molecular weight is 286 g/mol. The van der Waals surface area contributed by atoms with E-state index >= 15 is 0 Å². The molecule has 1 atom stereocenters. The van der Waals surface area contributed by atoms with Crippen molar-refractivity contribution in [3.05, 3.63) is 22.2 Å². The van der Waals surface area contributed by atoms with Crippen molar-refractivity contribution in [1.29, 1.82) is 0 Å². The molecule has 0 spiro atoms. The van der Waals surface area contributed by atoms with E-state index in [0.29, 0.717) is 18.9 Å². The summed E-state index contributed by atoms with van der Waals surface area (Å²) < 4.78 is 11.6. The Balaban J connectivity index is 2.44. The smallest absolute Gasteiger partial charge is 0.492 e. The molecule has 1 aliphatic rings. The molecule has 1 aromatic rings. The fraction of sp³-hybridized carbons (Fsp3) is 0.400. The molecule has 1 aliphatic heterocycles. The van der Waals surface area contributed by atoms with Gasteiger partial charge in [-0.15, -0.1) is 0 Å². The number of benzene rings is 1. The van der Waals surface area contributed by atoms with Gasteiger partial charge in [0.05, 0.1) is 12.7 Å². The van der Waals surface area contributed by atoms with Crippen LogP contribution < -0.4 is 15.9 Å². The summed E-state index contributed by atoms with van der Waals surface area (Å²) in [7, 11) is -0.916. The molecule has 0 radical (unpaired) electrons. The molecule has 1 heterocycles. The fourth-order valence-electron chi connectivity index (χ4n) is 1.88. The van der Waals surface area contributed by atoms with Crippen molar-refractivity contribution in [1.82, 2.24) is 0 Å². The van der Waals surface area contributed by atoms with Crippen molar-refractivity contribution in [3.8, 4) is 5.75 Å². The van der Waals surface area contributed by atoms with E-state index in [4.69, 9.17) is 15.1 Å². The quantitative estimate of drug-likeness (QED) is 0.797. The van der Waals surface area contributed by atoms with E-state index in [0.717, 1.165) is 15.5 Å². The van der Waals surface area contributed by atoms with E-state index in [9.17, 15) is 5.02 Å². The first-order chi connectivity index (χ1) is 7.67. The first kappa shape index (κ1) is 11.9. The summed E-state index contributed by atoms with van der Waals surface area (Å²) in [6.45, 7) is 2.84. The van der Waals surface area contributed by atoms with Crippen LogP contribution in [0, 0.1) is 0 Å². The summed E-state index contributed by atoms with van der Waals surface area (Å²) in [5.74, 6) is 0.716. The minimum absolute atomic E-state index is 0.255. The van der Waals surface area contributed by atoms with Gasteiger partial charge in [-0.05, 0) is 30.1 Å². The maximum absolute atomic E-state index is 9.75. The predicted molar refractivity (Wildman–Crippen MR) is 65.8 cm³/mol. The summed E-state index contributed by atoms with van der Waals surface area (Å²) in [5.41, 5.74) is 7.23. The van der Waals surface area contributed by atoms with Crippen molar-refractivity contribution < 1.29 is 14.4 Å². The molecule has 3 N–H and O–H groups in total. The van der Waals surface area contributed by atoms with Crippen molar-refractivity contribution in [3.63, 3.8) is 0 Å². The predicted octanol–water partition coefficient (Wildman–Crippen LogP) is 0.565. The van der Waals surface area contributed by atoms with Gasteiger partial charge in [-0.25, -0.2) is 0 Å². The Labute approximate surface area is 103 Å². The van der Waals surface area contributed by atoms with Gasteiger partial charge >= 0.3 is 7.12 Å². The number of hydrogen-bond acceptors (Lipinski definition) is 4. The number of ether oxygens (including phenoxy) is 1. The van der Waals surface area contributed by atoms with Crippen LogP contribution in [0.2, 0.25) is 0 Å².